The van der Waals surface area contributed by atoms with Gasteiger partial charge in [0.1, 0.15) is 5.75 Å². The van der Waals surface area contributed by atoms with Crippen LogP contribution in [0.25, 0.3) is 31.8 Å². The van der Waals surface area contributed by atoms with Crippen LogP contribution in [0.15, 0.2) is 54.6 Å². The van der Waals surface area contributed by atoms with Crippen molar-refractivity contribution in [3.05, 3.63) is 71.4 Å². The van der Waals surface area contributed by atoms with Crippen molar-refractivity contribution in [3.63, 3.8) is 0 Å². The van der Waals surface area contributed by atoms with Crippen molar-refractivity contribution >= 4 is 27.5 Å². The first-order valence-electron chi connectivity index (χ1n) is 11.9. The van der Waals surface area contributed by atoms with Crippen molar-refractivity contribution in [2.24, 2.45) is 0 Å². The smallest absolute Gasteiger partial charge is 0.337 e. The summed E-state index contributed by atoms with van der Waals surface area (Å²) in [7, 11) is 0. The van der Waals surface area contributed by atoms with Crippen LogP contribution in [-0.4, -0.2) is 28.3 Å². The topological polar surface area (TPSA) is 68.7 Å². The molecule has 0 unspecified atom stereocenters. The van der Waals surface area contributed by atoms with Crippen LogP contribution in [0.4, 0.5) is 0 Å². The number of aryl methyl sites for hydroxylation is 2. The molecule has 1 N–H and O–H groups in total. The normalized spacial score (nSPS) is 14.4. The number of hydrogen-bond donors (Lipinski definition) is 1. The molecular formula is C29H29NO4S. The van der Waals surface area contributed by atoms with E-state index >= 15 is 0 Å². The van der Waals surface area contributed by atoms with Gasteiger partial charge in [0.2, 0.25) is 0 Å². The number of rotatable bonds is 5. The molecule has 5 nitrogen and oxygen atoms in total. The molecule has 2 aromatic carbocycles. The molecule has 1 atom stereocenters. The molecule has 0 radical (unpaired) electrons. The number of pyridine rings is 1. The van der Waals surface area contributed by atoms with Crippen LogP contribution in [0.3, 0.4) is 0 Å². The highest BCUT2D eigenvalue weighted by Crippen LogP contribution is 2.45. The molecule has 5 rings (SSSR count). The summed E-state index contributed by atoms with van der Waals surface area (Å²) in [6.07, 6.45) is 0.763. The van der Waals surface area contributed by atoms with Crippen LogP contribution < -0.4 is 4.74 Å². The van der Waals surface area contributed by atoms with E-state index in [-0.39, 0.29) is 0 Å². The number of aliphatic carboxylic acids is 1. The Morgan fingerprint density at radius 3 is 2.60 bits per heavy atom. The van der Waals surface area contributed by atoms with Crippen LogP contribution >= 0.6 is 11.3 Å². The maximum absolute atomic E-state index is 12.5. The molecule has 0 aliphatic carbocycles. The van der Waals surface area contributed by atoms with Gasteiger partial charge in [-0.25, -0.2) is 4.79 Å². The number of thiophene rings is 1. The Morgan fingerprint density at radius 1 is 1.11 bits per heavy atom. The Hall–Kier alpha value is -3.22. The van der Waals surface area contributed by atoms with Crippen LogP contribution in [0.5, 0.6) is 5.75 Å². The van der Waals surface area contributed by atoms with Crippen molar-refractivity contribution in [2.45, 2.75) is 52.2 Å². The Labute approximate surface area is 209 Å². The number of hydrogen-bond acceptors (Lipinski definition) is 5. The number of aromatic nitrogens is 1. The van der Waals surface area contributed by atoms with Crippen molar-refractivity contribution in [2.75, 3.05) is 6.61 Å². The molecule has 0 fully saturated rings. The summed E-state index contributed by atoms with van der Waals surface area (Å²) in [5.74, 6) is -0.119. The van der Waals surface area contributed by atoms with Gasteiger partial charge >= 0.3 is 5.97 Å². The van der Waals surface area contributed by atoms with Crippen LogP contribution in [-0.2, 0) is 16.0 Å². The van der Waals surface area contributed by atoms with Crippen molar-refractivity contribution in [1.29, 1.82) is 0 Å². The minimum absolute atomic E-state index is 0.609. The maximum Gasteiger partial charge on any atom is 0.337 e. The minimum Gasteiger partial charge on any atom is -0.493 e. The van der Waals surface area contributed by atoms with Crippen LogP contribution in [0.2, 0.25) is 0 Å². The first-order chi connectivity index (χ1) is 16.7. The number of carboxylic acids is 1. The van der Waals surface area contributed by atoms with Crippen molar-refractivity contribution in [1.82, 2.24) is 4.98 Å². The molecular weight excluding hydrogens is 458 g/mol. The molecule has 3 heterocycles. The van der Waals surface area contributed by atoms with Gasteiger partial charge in [0, 0.05) is 21.7 Å². The lowest BCUT2D eigenvalue weighted by Crippen LogP contribution is -2.28. The van der Waals surface area contributed by atoms with Crippen molar-refractivity contribution in [3.8, 4) is 27.3 Å². The van der Waals surface area contributed by atoms with E-state index < -0.39 is 17.7 Å². The van der Waals surface area contributed by atoms with E-state index in [4.69, 9.17) is 14.5 Å². The summed E-state index contributed by atoms with van der Waals surface area (Å²) in [6, 6.07) is 18.5. The van der Waals surface area contributed by atoms with Gasteiger partial charge in [-0.15, -0.1) is 11.3 Å². The SMILES string of the molecule is Cc1nc2cc(-c3ccccc3)sc2c(-c2ccc3c(c2)CCCO3)c1[C@H](OC(C)(C)C)C(=O)O. The Balaban J connectivity index is 1.80. The molecule has 2 aromatic heterocycles. The molecule has 35 heavy (non-hydrogen) atoms. The lowest BCUT2D eigenvalue weighted by atomic mass is 9.92. The van der Waals surface area contributed by atoms with Crippen LogP contribution in [0.1, 0.15) is 50.1 Å². The Bertz CT molecular complexity index is 1400. The van der Waals surface area contributed by atoms with E-state index in [9.17, 15) is 9.90 Å². The highest BCUT2D eigenvalue weighted by atomic mass is 32.1. The fourth-order valence-electron chi connectivity index (χ4n) is 4.64. The standard InChI is InChI=1S/C29H29NO4S/c1-17-24(26(28(31)32)34-29(2,3)4)25(20-12-13-22-19(15-20)11-8-14-33-22)27-21(30-17)16-23(35-27)18-9-6-5-7-10-18/h5-7,9-10,12-13,15-16,26H,8,11,14H2,1-4H3,(H,31,32)/t26-/m0/s1. The van der Waals surface area contributed by atoms with Gasteiger partial charge in [-0.1, -0.05) is 36.4 Å². The number of carbonyl (C=O) groups is 1. The summed E-state index contributed by atoms with van der Waals surface area (Å²) in [5.41, 5.74) is 5.59. The highest BCUT2D eigenvalue weighted by molar-refractivity contribution is 7.22. The number of carboxylic acid groups (broad SMARTS) is 1. The van der Waals surface area contributed by atoms with Gasteiger partial charge < -0.3 is 14.6 Å². The lowest BCUT2D eigenvalue weighted by molar-refractivity contribution is -0.160. The van der Waals surface area contributed by atoms with E-state index in [1.807, 2.05) is 58.0 Å². The minimum atomic E-state index is -1.14. The third-order valence-electron chi connectivity index (χ3n) is 6.10. The van der Waals surface area contributed by atoms with Crippen LogP contribution in [0, 0.1) is 6.92 Å². The predicted molar refractivity (Wildman–Crippen MR) is 140 cm³/mol. The summed E-state index contributed by atoms with van der Waals surface area (Å²) >= 11 is 1.64. The zero-order valence-corrected chi connectivity index (χ0v) is 21.2. The van der Waals surface area contributed by atoms with E-state index in [0.717, 1.165) is 62.5 Å². The van der Waals surface area contributed by atoms with Gasteiger partial charge in [-0.05, 0) is 75.4 Å². The van der Waals surface area contributed by atoms with E-state index in [1.165, 1.54) is 0 Å². The van der Waals surface area contributed by atoms with Gasteiger partial charge in [-0.3, -0.25) is 4.98 Å². The van der Waals surface area contributed by atoms with Gasteiger partial charge in [0.05, 0.1) is 22.4 Å². The molecule has 4 aromatic rings. The quantitative estimate of drug-likeness (QED) is 0.322. The molecule has 1 aliphatic rings. The largest absolute Gasteiger partial charge is 0.493 e. The predicted octanol–water partition coefficient (Wildman–Crippen LogP) is 7.20. The first kappa shape index (κ1) is 23.5. The number of ether oxygens (including phenoxy) is 2. The third kappa shape index (κ3) is 4.68. The molecule has 6 heteroatoms. The summed E-state index contributed by atoms with van der Waals surface area (Å²) in [6.45, 7) is 8.22. The summed E-state index contributed by atoms with van der Waals surface area (Å²) < 4.78 is 12.9. The first-order valence-corrected chi connectivity index (χ1v) is 12.7. The third-order valence-corrected chi connectivity index (χ3v) is 7.29. The molecule has 0 bridgehead atoms. The lowest BCUT2D eigenvalue weighted by Gasteiger charge is -2.28. The van der Waals surface area contributed by atoms with Crippen molar-refractivity contribution < 1.29 is 19.4 Å². The molecule has 0 amide bonds. The highest BCUT2D eigenvalue weighted by Gasteiger charge is 2.33. The number of nitrogens with zero attached hydrogens (tertiary/aromatic N) is 1. The maximum atomic E-state index is 12.5. The fourth-order valence-corrected chi connectivity index (χ4v) is 5.83. The second kappa shape index (κ2) is 9.10. The van der Waals surface area contributed by atoms with E-state index in [1.54, 1.807) is 11.3 Å². The van der Waals surface area contributed by atoms with Gasteiger partial charge in [0.25, 0.3) is 0 Å². The monoisotopic (exact) mass is 487 g/mol. The number of benzene rings is 2. The van der Waals surface area contributed by atoms with E-state index in [0.29, 0.717) is 11.3 Å². The molecule has 180 valence electrons. The molecule has 1 aliphatic heterocycles. The average Bonchev–Trinajstić information content (AvgIpc) is 3.25. The fraction of sp³-hybridized carbons (Fsp3) is 0.310. The molecule has 0 spiro atoms. The van der Waals surface area contributed by atoms with E-state index in [2.05, 4.69) is 24.3 Å². The zero-order valence-electron chi connectivity index (χ0n) is 20.4. The molecule has 0 saturated carbocycles. The zero-order chi connectivity index (χ0) is 24.7. The summed E-state index contributed by atoms with van der Waals surface area (Å²) in [4.78, 5) is 18.5. The van der Waals surface area contributed by atoms with Gasteiger partial charge in [-0.2, -0.15) is 0 Å². The second-order valence-corrected chi connectivity index (χ2v) is 11.0. The number of fused-ring (bicyclic) bond motifs is 2. The average molecular weight is 488 g/mol. The second-order valence-electron chi connectivity index (χ2n) is 9.90. The Kier molecular flexibility index (Phi) is 6.11. The Morgan fingerprint density at radius 2 is 1.89 bits per heavy atom. The summed E-state index contributed by atoms with van der Waals surface area (Å²) in [5, 5.41) is 10.3. The van der Waals surface area contributed by atoms with Gasteiger partial charge in [0.15, 0.2) is 6.10 Å². The molecule has 0 saturated heterocycles.